The number of aromatic nitrogens is 1. The summed E-state index contributed by atoms with van der Waals surface area (Å²) in [6.45, 7) is 0. The van der Waals surface area contributed by atoms with E-state index >= 15 is 0 Å². The molecule has 0 spiro atoms. The van der Waals surface area contributed by atoms with Crippen LogP contribution in [0.15, 0.2) is 30.5 Å². The molecule has 1 heterocycles. The molecule has 0 saturated heterocycles. The van der Waals surface area contributed by atoms with Gasteiger partial charge in [0.05, 0.1) is 0 Å². The molecule has 2 N–H and O–H groups in total. The van der Waals surface area contributed by atoms with Crippen LogP contribution in [0.1, 0.15) is 18.4 Å². The quantitative estimate of drug-likeness (QED) is 0.610. The SMILES string of the molecule is O=C(O)CCC[Se]CCc1c[nH]c2ccccc12. The summed E-state index contributed by atoms with van der Waals surface area (Å²) < 4.78 is 0. The molecule has 1 aromatic carbocycles. The van der Waals surface area contributed by atoms with Crippen molar-refractivity contribution in [2.45, 2.75) is 29.9 Å². The van der Waals surface area contributed by atoms with Crippen LogP contribution < -0.4 is 0 Å². The molecule has 4 heteroatoms. The van der Waals surface area contributed by atoms with Gasteiger partial charge >= 0.3 is 113 Å². The number of hydrogen-bond donors (Lipinski definition) is 2. The summed E-state index contributed by atoms with van der Waals surface area (Å²) in [7, 11) is 0. The number of benzene rings is 1. The van der Waals surface area contributed by atoms with E-state index in [-0.39, 0.29) is 0 Å². The van der Waals surface area contributed by atoms with E-state index in [1.54, 1.807) is 0 Å². The fourth-order valence-corrected chi connectivity index (χ4v) is 3.87. The Kier molecular flexibility index (Phi) is 4.85. The van der Waals surface area contributed by atoms with Gasteiger partial charge in [-0.25, -0.2) is 0 Å². The molecule has 2 aromatic rings. The molecular weight excluding hydrogens is 293 g/mol. The number of aromatic amines is 1. The number of carboxylic acids is 1. The summed E-state index contributed by atoms with van der Waals surface area (Å²) in [6, 6.07) is 8.35. The Morgan fingerprint density at radius 3 is 2.94 bits per heavy atom. The molecule has 0 saturated carbocycles. The molecule has 3 nitrogen and oxygen atoms in total. The molecular formula is C14H17NO2Se. The third kappa shape index (κ3) is 3.62. The number of rotatable bonds is 7. The van der Waals surface area contributed by atoms with Gasteiger partial charge in [-0.05, 0) is 0 Å². The fraction of sp³-hybridized carbons (Fsp3) is 0.357. The Hall–Kier alpha value is -1.25. The van der Waals surface area contributed by atoms with Gasteiger partial charge in [0.1, 0.15) is 0 Å². The van der Waals surface area contributed by atoms with Gasteiger partial charge in [-0.2, -0.15) is 0 Å². The summed E-state index contributed by atoms with van der Waals surface area (Å²) in [5.74, 6) is -0.678. The third-order valence-corrected chi connectivity index (χ3v) is 5.12. The van der Waals surface area contributed by atoms with Gasteiger partial charge in [0.15, 0.2) is 0 Å². The Labute approximate surface area is 113 Å². The van der Waals surface area contributed by atoms with E-state index in [1.165, 1.54) is 21.8 Å². The molecule has 2 rings (SSSR count). The van der Waals surface area contributed by atoms with Crippen LogP contribution >= 0.6 is 0 Å². The van der Waals surface area contributed by atoms with Crippen molar-refractivity contribution in [2.24, 2.45) is 0 Å². The van der Waals surface area contributed by atoms with Gasteiger partial charge < -0.3 is 0 Å². The van der Waals surface area contributed by atoms with Crippen molar-refractivity contribution in [2.75, 3.05) is 0 Å². The van der Waals surface area contributed by atoms with Crippen molar-refractivity contribution in [3.8, 4) is 0 Å². The molecule has 18 heavy (non-hydrogen) atoms. The van der Waals surface area contributed by atoms with Crippen LogP contribution in [0.25, 0.3) is 10.9 Å². The van der Waals surface area contributed by atoms with Crippen molar-refractivity contribution >= 4 is 31.8 Å². The molecule has 0 aliphatic carbocycles. The third-order valence-electron chi connectivity index (χ3n) is 2.87. The molecule has 96 valence electrons. The van der Waals surface area contributed by atoms with Crippen LogP contribution in [0.4, 0.5) is 0 Å². The van der Waals surface area contributed by atoms with Crippen LogP contribution in [0.2, 0.25) is 10.6 Å². The van der Waals surface area contributed by atoms with Gasteiger partial charge in [0.25, 0.3) is 0 Å². The summed E-state index contributed by atoms with van der Waals surface area (Å²) in [5.41, 5.74) is 2.58. The van der Waals surface area contributed by atoms with Crippen molar-refractivity contribution < 1.29 is 9.90 Å². The van der Waals surface area contributed by atoms with E-state index in [9.17, 15) is 4.79 Å². The average Bonchev–Trinajstić information content (AvgIpc) is 2.77. The molecule has 0 fully saturated rings. The molecule has 1 aromatic heterocycles. The number of aliphatic carboxylic acids is 1. The van der Waals surface area contributed by atoms with Crippen molar-refractivity contribution in [3.63, 3.8) is 0 Å². The van der Waals surface area contributed by atoms with E-state index in [1.807, 2.05) is 6.07 Å². The van der Waals surface area contributed by atoms with Crippen LogP contribution in [-0.4, -0.2) is 31.0 Å². The first kappa shape index (κ1) is 13.2. The van der Waals surface area contributed by atoms with Gasteiger partial charge in [-0.15, -0.1) is 0 Å². The Bertz CT molecular complexity index is 521. The summed E-state index contributed by atoms with van der Waals surface area (Å²) >= 11 is 0.563. The number of para-hydroxylation sites is 1. The molecule has 0 unspecified atom stereocenters. The van der Waals surface area contributed by atoms with E-state index in [0.717, 1.165) is 18.2 Å². The van der Waals surface area contributed by atoms with Crippen LogP contribution in [0.3, 0.4) is 0 Å². The van der Waals surface area contributed by atoms with E-state index < -0.39 is 5.97 Å². The minimum absolute atomic E-state index is 0.314. The van der Waals surface area contributed by atoms with E-state index in [4.69, 9.17) is 5.11 Å². The second-order valence-corrected chi connectivity index (χ2v) is 6.79. The zero-order valence-electron chi connectivity index (χ0n) is 10.2. The number of carbonyl (C=O) groups is 1. The number of H-pyrrole nitrogens is 1. The van der Waals surface area contributed by atoms with E-state index in [2.05, 4.69) is 29.4 Å². The van der Waals surface area contributed by atoms with Gasteiger partial charge in [-0.3, -0.25) is 0 Å². The fourth-order valence-electron chi connectivity index (χ4n) is 1.95. The van der Waals surface area contributed by atoms with Crippen molar-refractivity contribution in [1.29, 1.82) is 0 Å². The Balaban J connectivity index is 1.75. The van der Waals surface area contributed by atoms with Crippen LogP contribution in [0, 0.1) is 0 Å². The van der Waals surface area contributed by atoms with Crippen LogP contribution in [-0.2, 0) is 11.2 Å². The first-order valence-corrected chi connectivity index (χ1v) is 8.54. The van der Waals surface area contributed by atoms with Gasteiger partial charge in [0, 0.05) is 0 Å². The molecule has 0 aliphatic rings. The molecule has 0 atom stereocenters. The zero-order chi connectivity index (χ0) is 12.8. The number of aryl methyl sites for hydroxylation is 1. The van der Waals surface area contributed by atoms with Gasteiger partial charge in [0.2, 0.25) is 0 Å². The Morgan fingerprint density at radius 2 is 2.11 bits per heavy atom. The second-order valence-electron chi connectivity index (χ2n) is 4.22. The topological polar surface area (TPSA) is 53.1 Å². The minimum atomic E-state index is -0.678. The van der Waals surface area contributed by atoms with Crippen molar-refractivity contribution in [1.82, 2.24) is 4.98 Å². The van der Waals surface area contributed by atoms with Gasteiger partial charge in [-0.1, -0.05) is 0 Å². The number of nitrogens with one attached hydrogen (secondary N) is 1. The standard InChI is InChI=1S/C14H17NO2Se/c16-14(17)6-3-8-18-9-7-11-10-15-13-5-2-1-4-12(11)13/h1-2,4-5,10,15H,3,6-9H2,(H,16,17). The first-order valence-electron chi connectivity index (χ1n) is 6.12. The molecule has 0 radical (unpaired) electrons. The van der Waals surface area contributed by atoms with Crippen LogP contribution in [0.5, 0.6) is 0 Å². The molecule has 0 aliphatic heterocycles. The maximum atomic E-state index is 10.4. The average molecular weight is 310 g/mol. The maximum absolute atomic E-state index is 10.4. The number of fused-ring (bicyclic) bond motifs is 1. The molecule has 0 bridgehead atoms. The number of carboxylic acid groups (broad SMARTS) is 1. The first-order chi connectivity index (χ1) is 8.77. The summed E-state index contributed by atoms with van der Waals surface area (Å²) in [6.07, 6.45) is 4.33. The predicted molar refractivity (Wildman–Crippen MR) is 74.2 cm³/mol. The number of hydrogen-bond acceptors (Lipinski definition) is 1. The summed E-state index contributed by atoms with van der Waals surface area (Å²) in [4.78, 5) is 13.7. The predicted octanol–water partition coefficient (Wildman–Crippen LogP) is 3.12. The monoisotopic (exact) mass is 311 g/mol. The van der Waals surface area contributed by atoms with Crippen molar-refractivity contribution in [3.05, 3.63) is 36.0 Å². The summed E-state index contributed by atoms with van der Waals surface area (Å²) in [5, 5.41) is 12.1. The van der Waals surface area contributed by atoms with E-state index in [0.29, 0.717) is 21.4 Å². The normalized spacial score (nSPS) is 10.9. The molecule has 0 amide bonds. The second kappa shape index (κ2) is 6.62. The Morgan fingerprint density at radius 1 is 1.28 bits per heavy atom. The zero-order valence-corrected chi connectivity index (χ0v) is 11.9.